The number of amides is 1. The largest absolute Gasteiger partial charge is 0.352 e. The molecule has 0 aliphatic carbocycles. The number of rotatable bonds is 5. The van der Waals surface area contributed by atoms with E-state index in [1.807, 2.05) is 0 Å². The van der Waals surface area contributed by atoms with Crippen molar-refractivity contribution >= 4 is 34.2 Å². The van der Waals surface area contributed by atoms with E-state index in [0.717, 1.165) is 19.5 Å². The fourth-order valence-electron chi connectivity index (χ4n) is 3.14. The molecule has 1 saturated heterocycles. The van der Waals surface area contributed by atoms with E-state index < -0.39 is 10.0 Å². The number of halogens is 1. The van der Waals surface area contributed by atoms with Gasteiger partial charge in [0.15, 0.2) is 0 Å². The molecule has 2 aliphatic rings. The molecule has 1 aromatic carbocycles. The van der Waals surface area contributed by atoms with Crippen molar-refractivity contribution in [2.75, 3.05) is 19.6 Å². The van der Waals surface area contributed by atoms with Crippen LogP contribution in [0.5, 0.6) is 0 Å². The van der Waals surface area contributed by atoms with Crippen LogP contribution in [0.2, 0.25) is 0 Å². The third-order valence-electron chi connectivity index (χ3n) is 4.67. The Labute approximate surface area is 160 Å². The molecule has 0 aromatic heterocycles. The maximum atomic E-state index is 12.1. The van der Waals surface area contributed by atoms with Gasteiger partial charge in [-0.05, 0) is 37.4 Å². The molecule has 144 valence electrons. The number of nitrogens with zero attached hydrogens (tertiary/aromatic N) is 1. The summed E-state index contributed by atoms with van der Waals surface area (Å²) in [6.07, 6.45) is 2.03. The first-order valence-electron chi connectivity index (χ1n) is 8.64. The van der Waals surface area contributed by atoms with Crippen LogP contribution in [-0.4, -0.2) is 45.8 Å². The van der Waals surface area contributed by atoms with Gasteiger partial charge in [-0.1, -0.05) is 19.1 Å². The number of nitrogens with one attached hydrogen (secondary N) is 3. The lowest BCUT2D eigenvalue weighted by Crippen LogP contribution is -2.50. The molecule has 2 aliphatic heterocycles. The number of carbonyl (C=O) groups excluding carboxylic acids is 1. The van der Waals surface area contributed by atoms with Crippen molar-refractivity contribution in [2.24, 2.45) is 10.9 Å². The summed E-state index contributed by atoms with van der Waals surface area (Å²) in [6, 6.07) is 6.94. The van der Waals surface area contributed by atoms with Gasteiger partial charge in [0.2, 0.25) is 5.91 Å². The summed E-state index contributed by atoms with van der Waals surface area (Å²) in [4.78, 5) is 16.6. The normalized spacial score (nSPS) is 25.0. The van der Waals surface area contributed by atoms with Crippen LogP contribution in [0.25, 0.3) is 0 Å². The topological polar surface area (TPSA) is 99.7 Å². The predicted molar refractivity (Wildman–Crippen MR) is 103 cm³/mol. The van der Waals surface area contributed by atoms with E-state index in [4.69, 9.17) is 0 Å². The SMILES string of the molecule is CC1CCNCC1NC(=O)CCCN=C1NS(=O)(=O)c2ccccc21.Cl. The number of amidine groups is 1. The minimum atomic E-state index is -3.50. The van der Waals surface area contributed by atoms with Gasteiger partial charge in [0, 0.05) is 31.1 Å². The van der Waals surface area contributed by atoms with Crippen LogP contribution in [0.3, 0.4) is 0 Å². The smallest absolute Gasteiger partial charge is 0.263 e. The summed E-state index contributed by atoms with van der Waals surface area (Å²) in [5, 5.41) is 6.35. The average Bonchev–Trinajstić information content (AvgIpc) is 2.85. The van der Waals surface area contributed by atoms with Crippen LogP contribution in [0.4, 0.5) is 0 Å². The zero-order valence-electron chi connectivity index (χ0n) is 14.7. The Morgan fingerprint density at radius 1 is 1.35 bits per heavy atom. The molecule has 3 N–H and O–H groups in total. The number of hydrogen-bond donors (Lipinski definition) is 3. The Balaban J connectivity index is 0.00000243. The number of fused-ring (bicyclic) bond motifs is 1. The number of hydrogen-bond acceptors (Lipinski definition) is 5. The molecule has 0 bridgehead atoms. The van der Waals surface area contributed by atoms with Crippen molar-refractivity contribution in [3.8, 4) is 0 Å². The molecule has 0 spiro atoms. The van der Waals surface area contributed by atoms with Crippen molar-refractivity contribution in [1.82, 2.24) is 15.4 Å². The lowest BCUT2D eigenvalue weighted by molar-refractivity contribution is -0.122. The highest BCUT2D eigenvalue weighted by atomic mass is 35.5. The van der Waals surface area contributed by atoms with E-state index in [0.29, 0.717) is 36.7 Å². The van der Waals surface area contributed by atoms with Crippen molar-refractivity contribution in [3.05, 3.63) is 29.8 Å². The van der Waals surface area contributed by atoms with Gasteiger partial charge < -0.3 is 10.6 Å². The number of benzene rings is 1. The highest BCUT2D eigenvalue weighted by Crippen LogP contribution is 2.22. The molecular formula is C17H25ClN4O3S. The van der Waals surface area contributed by atoms with E-state index in [1.165, 1.54) is 0 Å². The molecular weight excluding hydrogens is 376 g/mol. The standard InChI is InChI=1S/C17H24N4O3S.ClH/c1-12-8-10-18-11-14(12)20-16(22)7-4-9-19-17-13-5-2-3-6-15(13)25(23,24)21-17;/h2-3,5-6,12,14,18H,4,7-11H2,1H3,(H,19,21)(H,20,22);1H. The van der Waals surface area contributed by atoms with Gasteiger partial charge in [-0.2, -0.15) is 0 Å². The first-order valence-corrected chi connectivity index (χ1v) is 10.1. The highest BCUT2D eigenvalue weighted by molar-refractivity contribution is 7.90. The first-order chi connectivity index (χ1) is 12.0. The van der Waals surface area contributed by atoms with Gasteiger partial charge in [0.25, 0.3) is 10.0 Å². The van der Waals surface area contributed by atoms with Gasteiger partial charge in [-0.15, -0.1) is 12.4 Å². The molecule has 0 radical (unpaired) electrons. The Bertz CT molecular complexity index is 782. The molecule has 26 heavy (non-hydrogen) atoms. The summed E-state index contributed by atoms with van der Waals surface area (Å²) >= 11 is 0. The molecule has 9 heteroatoms. The third kappa shape index (κ3) is 4.75. The molecule has 1 aromatic rings. The number of aliphatic imine (C=N–C) groups is 1. The van der Waals surface area contributed by atoms with Crippen LogP contribution in [-0.2, 0) is 14.8 Å². The van der Waals surface area contributed by atoms with E-state index in [9.17, 15) is 13.2 Å². The summed E-state index contributed by atoms with van der Waals surface area (Å²) in [5.74, 6) is 0.865. The maximum Gasteiger partial charge on any atom is 0.263 e. The second kappa shape index (κ2) is 8.83. The minimum Gasteiger partial charge on any atom is -0.352 e. The fraction of sp³-hybridized carbons (Fsp3) is 0.529. The average molecular weight is 401 g/mol. The second-order valence-electron chi connectivity index (χ2n) is 6.58. The van der Waals surface area contributed by atoms with E-state index in [-0.39, 0.29) is 29.3 Å². The molecule has 1 amide bonds. The van der Waals surface area contributed by atoms with Crippen LogP contribution < -0.4 is 15.4 Å². The molecule has 1 fully saturated rings. The quantitative estimate of drug-likeness (QED) is 0.643. The van der Waals surface area contributed by atoms with Gasteiger partial charge in [0.05, 0.1) is 4.90 Å². The second-order valence-corrected chi connectivity index (χ2v) is 8.23. The number of piperidine rings is 1. The van der Waals surface area contributed by atoms with Gasteiger partial charge >= 0.3 is 0 Å². The first kappa shape index (κ1) is 20.7. The highest BCUT2D eigenvalue weighted by Gasteiger charge is 2.30. The van der Waals surface area contributed by atoms with Crippen LogP contribution in [0.15, 0.2) is 34.2 Å². The maximum absolute atomic E-state index is 12.1. The molecule has 3 rings (SSSR count). The van der Waals surface area contributed by atoms with E-state index >= 15 is 0 Å². The lowest BCUT2D eigenvalue weighted by Gasteiger charge is -2.30. The van der Waals surface area contributed by atoms with Gasteiger partial charge in [0.1, 0.15) is 5.84 Å². The molecule has 2 heterocycles. The molecule has 7 nitrogen and oxygen atoms in total. The van der Waals surface area contributed by atoms with Crippen molar-refractivity contribution in [1.29, 1.82) is 0 Å². The summed E-state index contributed by atoms with van der Waals surface area (Å²) in [7, 11) is -3.50. The van der Waals surface area contributed by atoms with Crippen molar-refractivity contribution < 1.29 is 13.2 Å². The predicted octanol–water partition coefficient (Wildman–Crippen LogP) is 1.04. The number of carbonyl (C=O) groups is 1. The zero-order valence-corrected chi connectivity index (χ0v) is 16.3. The van der Waals surface area contributed by atoms with Crippen molar-refractivity contribution in [2.45, 2.75) is 37.1 Å². The van der Waals surface area contributed by atoms with E-state index in [2.05, 4.69) is 27.3 Å². The molecule has 0 saturated carbocycles. The van der Waals surface area contributed by atoms with Crippen LogP contribution >= 0.6 is 12.4 Å². The molecule has 2 atom stereocenters. The Hall–Kier alpha value is -1.64. The Kier molecular flexibility index (Phi) is 7.02. The van der Waals surface area contributed by atoms with Gasteiger partial charge in [-0.3, -0.25) is 14.5 Å². The van der Waals surface area contributed by atoms with Gasteiger partial charge in [-0.25, -0.2) is 8.42 Å². The molecule has 2 unspecified atom stereocenters. The summed E-state index contributed by atoms with van der Waals surface area (Å²) in [6.45, 7) is 4.37. The monoisotopic (exact) mass is 400 g/mol. The zero-order chi connectivity index (χ0) is 17.9. The fourth-order valence-corrected chi connectivity index (χ4v) is 4.39. The Morgan fingerprint density at radius 3 is 2.88 bits per heavy atom. The summed E-state index contributed by atoms with van der Waals surface area (Å²) in [5.41, 5.74) is 0.592. The van der Waals surface area contributed by atoms with Crippen LogP contribution in [0, 0.1) is 5.92 Å². The van der Waals surface area contributed by atoms with E-state index in [1.54, 1.807) is 24.3 Å². The number of sulfonamides is 1. The minimum absolute atomic E-state index is 0. The summed E-state index contributed by atoms with van der Waals surface area (Å²) < 4.78 is 26.5. The lowest BCUT2D eigenvalue weighted by atomic mass is 9.95. The van der Waals surface area contributed by atoms with Crippen molar-refractivity contribution in [3.63, 3.8) is 0 Å². The van der Waals surface area contributed by atoms with Crippen LogP contribution in [0.1, 0.15) is 31.7 Å². The Morgan fingerprint density at radius 2 is 2.12 bits per heavy atom. The third-order valence-corrected chi connectivity index (χ3v) is 6.07.